The van der Waals surface area contributed by atoms with Gasteiger partial charge in [0.05, 0.1) is 5.41 Å². The Balaban J connectivity index is 2.00. The maximum atomic E-state index is 11.1. The van der Waals surface area contributed by atoms with Crippen LogP contribution in [0.5, 0.6) is 0 Å². The van der Waals surface area contributed by atoms with Crippen molar-refractivity contribution in [3.63, 3.8) is 0 Å². The average molecular weight is 226 g/mol. The van der Waals surface area contributed by atoms with E-state index in [0.717, 1.165) is 25.6 Å². The molecule has 0 aliphatic carbocycles. The monoisotopic (exact) mass is 226 g/mol. The number of aliphatic carboxylic acids is 1. The molecule has 0 aromatic heterocycles. The van der Waals surface area contributed by atoms with Gasteiger partial charge < -0.3 is 10.4 Å². The Bertz CT molecular complexity index is 291. The lowest BCUT2D eigenvalue weighted by Gasteiger charge is -2.30. The van der Waals surface area contributed by atoms with E-state index in [2.05, 4.69) is 17.1 Å². The second-order valence-corrected chi connectivity index (χ2v) is 5.94. The Hall–Kier alpha value is -0.610. The first-order valence-electron chi connectivity index (χ1n) is 6.10. The highest BCUT2D eigenvalue weighted by Crippen LogP contribution is 2.34. The van der Waals surface area contributed by atoms with Crippen LogP contribution in [0.3, 0.4) is 0 Å². The molecule has 16 heavy (non-hydrogen) atoms. The van der Waals surface area contributed by atoms with Crippen LogP contribution in [0.15, 0.2) is 0 Å². The summed E-state index contributed by atoms with van der Waals surface area (Å²) in [6.07, 6.45) is 0. The molecule has 2 N–H and O–H groups in total. The van der Waals surface area contributed by atoms with Crippen molar-refractivity contribution >= 4 is 5.97 Å². The summed E-state index contributed by atoms with van der Waals surface area (Å²) in [6, 6.07) is 0.513. The van der Waals surface area contributed by atoms with Gasteiger partial charge in [0.25, 0.3) is 0 Å². The minimum absolute atomic E-state index is 0.513. The maximum absolute atomic E-state index is 11.1. The molecule has 0 spiro atoms. The molecule has 2 heterocycles. The molecule has 3 unspecified atom stereocenters. The van der Waals surface area contributed by atoms with Gasteiger partial charge in [-0.25, -0.2) is 0 Å². The third-order valence-electron chi connectivity index (χ3n) is 4.23. The third kappa shape index (κ3) is 1.96. The number of nitrogens with one attached hydrogen (secondary N) is 1. The summed E-state index contributed by atoms with van der Waals surface area (Å²) in [4.78, 5) is 13.5. The lowest BCUT2D eigenvalue weighted by atomic mass is 9.92. The number of carboxylic acid groups (broad SMARTS) is 1. The number of likely N-dealkylation sites (tertiary alicyclic amines) is 1. The predicted molar refractivity (Wildman–Crippen MR) is 62.3 cm³/mol. The van der Waals surface area contributed by atoms with Crippen LogP contribution < -0.4 is 5.32 Å². The van der Waals surface area contributed by atoms with Gasteiger partial charge in [0, 0.05) is 19.1 Å². The van der Waals surface area contributed by atoms with Crippen molar-refractivity contribution in [2.45, 2.75) is 26.8 Å². The first-order valence-corrected chi connectivity index (χ1v) is 6.10. The minimum Gasteiger partial charge on any atom is -0.481 e. The van der Waals surface area contributed by atoms with E-state index in [1.807, 2.05) is 13.8 Å². The Morgan fingerprint density at radius 1 is 1.50 bits per heavy atom. The molecule has 2 aliphatic heterocycles. The number of nitrogens with zero attached hydrogens (tertiary/aromatic N) is 1. The predicted octanol–water partition coefficient (Wildman–Crippen LogP) is 0.637. The summed E-state index contributed by atoms with van der Waals surface area (Å²) in [7, 11) is 0. The molecule has 0 saturated carbocycles. The van der Waals surface area contributed by atoms with Crippen LogP contribution in [-0.4, -0.2) is 48.2 Å². The summed E-state index contributed by atoms with van der Waals surface area (Å²) in [6.45, 7) is 9.76. The number of carbonyl (C=O) groups is 1. The van der Waals surface area contributed by atoms with Crippen LogP contribution in [0.4, 0.5) is 0 Å². The van der Waals surface area contributed by atoms with Crippen molar-refractivity contribution in [1.82, 2.24) is 10.2 Å². The highest BCUT2D eigenvalue weighted by Gasteiger charge is 2.44. The number of hydrogen-bond donors (Lipinski definition) is 2. The SMILES string of the molecule is CC1C2CNCC2CN1CC(C)(C)C(=O)O. The zero-order valence-electron chi connectivity index (χ0n) is 10.4. The Kier molecular flexibility index (Phi) is 2.97. The number of hydrogen-bond acceptors (Lipinski definition) is 3. The quantitative estimate of drug-likeness (QED) is 0.741. The molecule has 0 aromatic rings. The van der Waals surface area contributed by atoms with Gasteiger partial charge in [-0.3, -0.25) is 9.69 Å². The normalized spacial score (nSPS) is 35.3. The van der Waals surface area contributed by atoms with Crippen molar-refractivity contribution < 1.29 is 9.90 Å². The van der Waals surface area contributed by atoms with Crippen LogP contribution in [0.2, 0.25) is 0 Å². The average Bonchev–Trinajstić information content (AvgIpc) is 2.71. The molecule has 4 nitrogen and oxygen atoms in total. The van der Waals surface area contributed by atoms with Gasteiger partial charge >= 0.3 is 5.97 Å². The molecule has 3 atom stereocenters. The fourth-order valence-electron chi connectivity index (χ4n) is 3.04. The highest BCUT2D eigenvalue weighted by atomic mass is 16.4. The van der Waals surface area contributed by atoms with E-state index in [0.29, 0.717) is 18.5 Å². The molecule has 0 bridgehead atoms. The topological polar surface area (TPSA) is 52.6 Å². The Morgan fingerprint density at radius 2 is 2.19 bits per heavy atom. The maximum Gasteiger partial charge on any atom is 0.310 e. The van der Waals surface area contributed by atoms with Gasteiger partial charge in [-0.05, 0) is 45.7 Å². The van der Waals surface area contributed by atoms with Crippen molar-refractivity contribution in [2.24, 2.45) is 17.3 Å². The fraction of sp³-hybridized carbons (Fsp3) is 0.917. The zero-order valence-corrected chi connectivity index (χ0v) is 10.4. The van der Waals surface area contributed by atoms with Crippen LogP contribution in [-0.2, 0) is 4.79 Å². The van der Waals surface area contributed by atoms with Crippen molar-refractivity contribution in [2.75, 3.05) is 26.2 Å². The number of rotatable bonds is 3. The molecule has 4 heteroatoms. The van der Waals surface area contributed by atoms with Crippen molar-refractivity contribution in [3.05, 3.63) is 0 Å². The van der Waals surface area contributed by atoms with E-state index in [4.69, 9.17) is 5.11 Å². The fourth-order valence-corrected chi connectivity index (χ4v) is 3.04. The lowest BCUT2D eigenvalue weighted by molar-refractivity contribution is -0.148. The van der Waals surface area contributed by atoms with Crippen LogP contribution in [0.25, 0.3) is 0 Å². The van der Waals surface area contributed by atoms with E-state index < -0.39 is 11.4 Å². The van der Waals surface area contributed by atoms with Crippen molar-refractivity contribution in [1.29, 1.82) is 0 Å². The Labute approximate surface area is 97.0 Å². The molecule has 2 aliphatic rings. The smallest absolute Gasteiger partial charge is 0.310 e. The molecule has 2 rings (SSSR count). The first-order chi connectivity index (χ1) is 7.42. The van der Waals surface area contributed by atoms with Gasteiger partial charge in [0.2, 0.25) is 0 Å². The molecule has 0 aromatic carbocycles. The van der Waals surface area contributed by atoms with Gasteiger partial charge in [-0.15, -0.1) is 0 Å². The van der Waals surface area contributed by atoms with E-state index in [-0.39, 0.29) is 0 Å². The summed E-state index contributed by atoms with van der Waals surface area (Å²) < 4.78 is 0. The minimum atomic E-state index is -0.699. The van der Waals surface area contributed by atoms with Gasteiger partial charge in [-0.1, -0.05) is 0 Å². The molecular formula is C12H22N2O2. The van der Waals surface area contributed by atoms with Gasteiger partial charge in [-0.2, -0.15) is 0 Å². The van der Waals surface area contributed by atoms with E-state index in [1.54, 1.807) is 0 Å². The Morgan fingerprint density at radius 3 is 2.75 bits per heavy atom. The summed E-state index contributed by atoms with van der Waals surface area (Å²) in [5.74, 6) is 0.735. The molecule has 2 saturated heterocycles. The second-order valence-electron chi connectivity index (χ2n) is 5.94. The van der Waals surface area contributed by atoms with Crippen molar-refractivity contribution in [3.8, 4) is 0 Å². The van der Waals surface area contributed by atoms with Gasteiger partial charge in [0.1, 0.15) is 0 Å². The lowest BCUT2D eigenvalue weighted by Crippen LogP contribution is -2.42. The molecule has 2 fully saturated rings. The van der Waals surface area contributed by atoms with E-state index in [9.17, 15) is 4.79 Å². The molecule has 0 radical (unpaired) electrons. The molecule has 92 valence electrons. The van der Waals surface area contributed by atoms with E-state index in [1.165, 1.54) is 0 Å². The number of carboxylic acids is 1. The number of fused-ring (bicyclic) bond motifs is 1. The third-order valence-corrected chi connectivity index (χ3v) is 4.23. The van der Waals surface area contributed by atoms with Crippen LogP contribution in [0, 0.1) is 17.3 Å². The molecular weight excluding hydrogens is 204 g/mol. The summed E-state index contributed by atoms with van der Waals surface area (Å²) in [5.41, 5.74) is -0.639. The summed E-state index contributed by atoms with van der Waals surface area (Å²) >= 11 is 0. The summed E-state index contributed by atoms with van der Waals surface area (Å²) in [5, 5.41) is 12.6. The van der Waals surface area contributed by atoms with E-state index >= 15 is 0 Å². The first kappa shape index (κ1) is 11.9. The highest BCUT2D eigenvalue weighted by molar-refractivity contribution is 5.73. The standard InChI is InChI=1S/C12H22N2O2/c1-8-10-5-13-4-9(10)6-14(8)7-12(2,3)11(15)16/h8-10,13H,4-7H2,1-3H3,(H,15,16). The van der Waals surface area contributed by atoms with Gasteiger partial charge in [0.15, 0.2) is 0 Å². The van der Waals surface area contributed by atoms with Crippen LogP contribution >= 0.6 is 0 Å². The van der Waals surface area contributed by atoms with Crippen LogP contribution in [0.1, 0.15) is 20.8 Å². The molecule has 0 amide bonds. The second kappa shape index (κ2) is 4.00. The zero-order chi connectivity index (χ0) is 11.9. The largest absolute Gasteiger partial charge is 0.481 e.